The van der Waals surface area contributed by atoms with Crippen LogP contribution in [0.15, 0.2) is 41.5 Å². The highest BCUT2D eigenvalue weighted by molar-refractivity contribution is 6.73. The van der Waals surface area contributed by atoms with E-state index in [0.717, 1.165) is 18.1 Å². The van der Waals surface area contributed by atoms with Crippen LogP contribution in [0.5, 0.6) is 0 Å². The van der Waals surface area contributed by atoms with Gasteiger partial charge in [-0.2, -0.15) is 0 Å². The molecule has 0 unspecified atom stereocenters. The van der Waals surface area contributed by atoms with E-state index in [-0.39, 0.29) is 43.7 Å². The zero-order chi connectivity index (χ0) is 38.4. The van der Waals surface area contributed by atoms with Crippen LogP contribution in [-0.2, 0) is 33.0 Å². The fourth-order valence-electron chi connectivity index (χ4n) is 9.46. The number of carbonyl (C=O) groups is 4. The molecule has 0 radical (unpaired) electrons. The van der Waals surface area contributed by atoms with Crippen molar-refractivity contribution in [2.75, 3.05) is 19.8 Å². The molecule has 1 aliphatic heterocycles. The lowest BCUT2D eigenvalue weighted by molar-refractivity contribution is -0.340. The second-order valence-electron chi connectivity index (χ2n) is 15.6. The minimum Gasteiger partial charge on any atom is -0.455 e. The van der Waals surface area contributed by atoms with Gasteiger partial charge >= 0.3 is 18.0 Å². The number of fused-ring (bicyclic) bond motifs is 5. The van der Waals surface area contributed by atoms with Crippen molar-refractivity contribution >= 4 is 32.1 Å². The lowest BCUT2D eigenvalue weighted by atomic mass is 9.44. The predicted molar refractivity (Wildman–Crippen MR) is 191 cm³/mol. The number of nitrogens with one attached hydrogen (secondary N) is 1. The van der Waals surface area contributed by atoms with E-state index in [1.165, 1.54) is 6.92 Å². The summed E-state index contributed by atoms with van der Waals surface area (Å²) >= 11 is 0. The second kappa shape index (κ2) is 14.6. The van der Waals surface area contributed by atoms with Gasteiger partial charge < -0.3 is 44.0 Å². The van der Waals surface area contributed by atoms with Crippen molar-refractivity contribution in [2.45, 2.75) is 128 Å². The maximum absolute atomic E-state index is 15.8. The number of hydrogen-bond donors (Lipinski definition) is 4. The highest BCUT2D eigenvalue weighted by atomic mass is 28.4. The molecule has 3 fully saturated rings. The lowest BCUT2D eigenvalue weighted by Gasteiger charge is -2.68. The first-order chi connectivity index (χ1) is 24.4. The number of benzene rings is 1. The van der Waals surface area contributed by atoms with E-state index in [0.29, 0.717) is 5.57 Å². The van der Waals surface area contributed by atoms with E-state index < -0.39 is 90.6 Å². The third-order valence-corrected chi connectivity index (χ3v) is 17.5. The van der Waals surface area contributed by atoms with Crippen molar-refractivity contribution in [3.8, 4) is 0 Å². The molecular weight excluding hydrogens is 690 g/mol. The molecule has 288 valence electrons. The number of aliphatic hydroxyl groups excluding tert-OH is 2. The van der Waals surface area contributed by atoms with Crippen LogP contribution in [0.2, 0.25) is 18.1 Å². The summed E-state index contributed by atoms with van der Waals surface area (Å²) in [5.74, 6) is -3.49. The minimum atomic E-state index is -2.53. The fourth-order valence-corrected chi connectivity index (χ4v) is 12.4. The Morgan fingerprint density at radius 1 is 1.04 bits per heavy atom. The number of hydrogen-bond acceptors (Lipinski definition) is 12. The first-order valence-corrected chi connectivity index (χ1v) is 20.9. The summed E-state index contributed by atoms with van der Waals surface area (Å²) in [4.78, 5) is 56.3. The summed E-state index contributed by atoms with van der Waals surface area (Å²) < 4.78 is 32.0. The Hall–Kier alpha value is -3.14. The van der Waals surface area contributed by atoms with Crippen LogP contribution in [0.3, 0.4) is 0 Å². The van der Waals surface area contributed by atoms with Crippen molar-refractivity contribution in [3.05, 3.63) is 47.0 Å². The van der Waals surface area contributed by atoms with E-state index in [1.54, 1.807) is 58.0 Å². The first kappa shape index (κ1) is 40.1. The summed E-state index contributed by atoms with van der Waals surface area (Å²) in [6.45, 7) is 13.3. The molecule has 52 heavy (non-hydrogen) atoms. The average molecular weight is 746 g/mol. The van der Waals surface area contributed by atoms with Crippen LogP contribution in [-0.4, -0.2) is 109 Å². The Morgan fingerprint density at radius 3 is 2.21 bits per heavy atom. The van der Waals surface area contributed by atoms with Crippen LogP contribution in [0.25, 0.3) is 0 Å². The van der Waals surface area contributed by atoms with Crippen LogP contribution < -0.4 is 5.32 Å². The maximum atomic E-state index is 15.8. The molecule has 5 rings (SSSR count). The van der Waals surface area contributed by atoms with Crippen molar-refractivity contribution in [1.82, 2.24) is 5.32 Å². The second-order valence-corrected chi connectivity index (χ2v) is 20.3. The number of Topliss-reactive ketones (excluding diaryl/α,β-unsaturated/α-hetero) is 1. The van der Waals surface area contributed by atoms with E-state index in [2.05, 4.69) is 26.1 Å². The van der Waals surface area contributed by atoms with Crippen LogP contribution in [0, 0.1) is 16.7 Å². The topological polar surface area (TPSA) is 187 Å². The van der Waals surface area contributed by atoms with Gasteiger partial charge in [-0.05, 0) is 55.3 Å². The third-order valence-electron chi connectivity index (χ3n) is 12.8. The Balaban J connectivity index is 1.87. The highest BCUT2D eigenvalue weighted by Gasteiger charge is 2.79. The standard InChI is InChI=1S/C38H55NO12Si/c1-9-52(10-2,11-3)51-26-19-27-37(21-47-27,50-34(45)39-17-18-40)30-32(49-33(44)24-15-13-12-14-16-24)38(46)20-25(42)22(4)28(35(38,6)7)29(48-23(5)41)31(43)36(26,30)8/h12-16,25-27,29-30,32,40,42,46H,9-11,17-21H2,1-8H3,(H,39,45)/t25-,26-,27+,29+,30-,32-,36+,37-,38+/m0/s1. The molecule has 1 heterocycles. The van der Waals surface area contributed by atoms with Crippen LogP contribution >= 0.6 is 0 Å². The Bertz CT molecular complexity index is 1570. The lowest BCUT2D eigenvalue weighted by Crippen LogP contribution is -2.82. The molecule has 1 saturated heterocycles. The Morgan fingerprint density at radius 2 is 1.67 bits per heavy atom. The van der Waals surface area contributed by atoms with Gasteiger partial charge in [-0.1, -0.05) is 52.8 Å². The molecule has 4 N–H and O–H groups in total. The molecule has 14 heteroatoms. The van der Waals surface area contributed by atoms with Crippen LogP contribution in [0.1, 0.15) is 78.6 Å². The van der Waals surface area contributed by atoms with Gasteiger partial charge in [-0.15, -0.1) is 0 Å². The van der Waals surface area contributed by atoms with Crippen molar-refractivity contribution < 1.29 is 57.9 Å². The van der Waals surface area contributed by atoms with Gasteiger partial charge in [-0.25, -0.2) is 9.59 Å². The highest BCUT2D eigenvalue weighted by Crippen LogP contribution is 2.65. The minimum absolute atomic E-state index is 0.107. The summed E-state index contributed by atoms with van der Waals surface area (Å²) in [5, 5.41) is 37.0. The smallest absolute Gasteiger partial charge is 0.407 e. The molecule has 1 aromatic carbocycles. The van der Waals surface area contributed by atoms with Gasteiger partial charge in [0.1, 0.15) is 17.8 Å². The molecule has 2 bridgehead atoms. The molecule has 1 amide bonds. The molecule has 4 aliphatic rings. The van der Waals surface area contributed by atoms with Crippen molar-refractivity contribution in [3.63, 3.8) is 0 Å². The van der Waals surface area contributed by atoms with Gasteiger partial charge in [0.15, 0.2) is 25.8 Å². The van der Waals surface area contributed by atoms with Gasteiger partial charge in [0.05, 0.1) is 42.3 Å². The molecule has 0 spiro atoms. The summed E-state index contributed by atoms with van der Waals surface area (Å²) in [5.41, 5.74) is -6.27. The van der Waals surface area contributed by atoms with E-state index in [9.17, 15) is 29.7 Å². The first-order valence-electron chi connectivity index (χ1n) is 18.4. The summed E-state index contributed by atoms with van der Waals surface area (Å²) in [7, 11) is -2.53. The largest absolute Gasteiger partial charge is 0.455 e. The fraction of sp³-hybridized carbons (Fsp3) is 0.684. The molecular formula is C38H55NO12Si. The normalized spacial score (nSPS) is 35.2. The quantitative estimate of drug-likeness (QED) is 0.111. The molecule has 1 aromatic rings. The molecule has 2 saturated carbocycles. The predicted octanol–water partition coefficient (Wildman–Crippen LogP) is 3.84. The summed E-state index contributed by atoms with van der Waals surface area (Å²) in [6, 6.07) is 10.4. The molecule has 9 atom stereocenters. The number of amides is 1. The van der Waals surface area contributed by atoms with Gasteiger partial charge in [0.2, 0.25) is 0 Å². The SMILES string of the molecule is CC[Si](CC)(CC)O[C@H]1C[C@H]2OC[C@@]2(OC(=O)NCCO)[C@H]2[C@H](OC(=O)c3ccccc3)[C@]3(O)C[C@H](O)C(C)=C([C@@H](OC(C)=O)C(=O)[C@]12C)C3(C)C. The number of aliphatic hydroxyl groups is 3. The number of rotatable bonds is 11. The van der Waals surface area contributed by atoms with E-state index in [1.807, 2.05) is 0 Å². The zero-order valence-corrected chi connectivity index (χ0v) is 32.5. The number of alkyl carbamates (subject to hydrolysis) is 1. The van der Waals surface area contributed by atoms with Gasteiger partial charge in [0.25, 0.3) is 0 Å². The van der Waals surface area contributed by atoms with Crippen molar-refractivity contribution in [2.24, 2.45) is 16.7 Å². The third kappa shape index (κ3) is 6.22. The van der Waals surface area contributed by atoms with Gasteiger partial charge in [0, 0.05) is 31.7 Å². The van der Waals surface area contributed by atoms with E-state index >= 15 is 4.79 Å². The molecule has 13 nitrogen and oxygen atoms in total. The average Bonchev–Trinajstić information content (AvgIpc) is 3.10. The zero-order valence-electron chi connectivity index (χ0n) is 31.5. The molecule has 3 aliphatic carbocycles. The number of carbonyl (C=O) groups excluding carboxylic acids is 4. The number of ether oxygens (including phenoxy) is 4. The molecule has 0 aromatic heterocycles. The number of ketones is 1. The maximum Gasteiger partial charge on any atom is 0.407 e. The number of esters is 2. The van der Waals surface area contributed by atoms with Crippen molar-refractivity contribution in [1.29, 1.82) is 0 Å². The Labute approximate surface area is 306 Å². The van der Waals surface area contributed by atoms with Crippen LogP contribution in [0.4, 0.5) is 4.79 Å². The Kier molecular flexibility index (Phi) is 11.2. The summed E-state index contributed by atoms with van der Waals surface area (Å²) in [6.07, 6.45) is -7.40. The monoisotopic (exact) mass is 745 g/mol. The van der Waals surface area contributed by atoms with Gasteiger partial charge in [-0.3, -0.25) is 9.59 Å². The van der Waals surface area contributed by atoms with E-state index in [4.69, 9.17) is 23.4 Å².